The van der Waals surface area contributed by atoms with E-state index in [-0.39, 0.29) is 13.0 Å². The highest BCUT2D eigenvalue weighted by Gasteiger charge is 2.19. The van der Waals surface area contributed by atoms with Crippen LogP contribution in [0.4, 0.5) is 4.79 Å². The lowest BCUT2D eigenvalue weighted by molar-refractivity contribution is -0.137. The summed E-state index contributed by atoms with van der Waals surface area (Å²) < 4.78 is 5.11. The molecule has 1 amide bonds. The Hall–Kier alpha value is -3.33. The van der Waals surface area contributed by atoms with Gasteiger partial charge in [-0.2, -0.15) is 5.26 Å². The van der Waals surface area contributed by atoms with Crippen molar-refractivity contribution in [2.75, 3.05) is 0 Å². The lowest BCUT2D eigenvalue weighted by atomic mass is 10.0. The Morgan fingerprint density at radius 1 is 1.12 bits per heavy atom. The normalized spacial score (nSPS) is 11.1. The molecule has 0 heterocycles. The number of hydrogen-bond acceptors (Lipinski definition) is 4. The van der Waals surface area contributed by atoms with Crippen LogP contribution in [-0.4, -0.2) is 17.2 Å². The van der Waals surface area contributed by atoms with Gasteiger partial charge in [-0.1, -0.05) is 42.5 Å². The van der Waals surface area contributed by atoms with Gasteiger partial charge in [0.2, 0.25) is 0 Å². The van der Waals surface area contributed by atoms with E-state index in [4.69, 9.17) is 15.1 Å². The fourth-order valence-electron chi connectivity index (χ4n) is 2.12. The number of carbonyl (C=O) groups is 2. The van der Waals surface area contributed by atoms with Crippen molar-refractivity contribution in [3.63, 3.8) is 0 Å². The number of aliphatic carboxylic acids is 1. The van der Waals surface area contributed by atoms with Crippen molar-refractivity contribution in [1.29, 1.82) is 5.26 Å². The van der Waals surface area contributed by atoms with Gasteiger partial charge in [0.05, 0.1) is 24.1 Å². The summed E-state index contributed by atoms with van der Waals surface area (Å²) in [7, 11) is 0. The zero-order valence-electron chi connectivity index (χ0n) is 12.8. The summed E-state index contributed by atoms with van der Waals surface area (Å²) in [5.41, 5.74) is 1.88. The van der Waals surface area contributed by atoms with E-state index >= 15 is 0 Å². The Balaban J connectivity index is 2.00. The third-order valence-electron chi connectivity index (χ3n) is 3.33. The van der Waals surface area contributed by atoms with Crippen molar-refractivity contribution in [1.82, 2.24) is 5.32 Å². The number of alkyl carbamates (subject to hydrolysis) is 1. The lowest BCUT2D eigenvalue weighted by Crippen LogP contribution is -2.30. The minimum atomic E-state index is -1.05. The van der Waals surface area contributed by atoms with Crippen LogP contribution in [0.3, 0.4) is 0 Å². The van der Waals surface area contributed by atoms with Gasteiger partial charge in [-0.15, -0.1) is 0 Å². The second kappa shape index (κ2) is 8.34. The van der Waals surface area contributed by atoms with Crippen LogP contribution < -0.4 is 5.32 Å². The fourth-order valence-corrected chi connectivity index (χ4v) is 2.12. The molecule has 6 heteroatoms. The standard InChI is InChI=1S/C18H16N2O4/c19-11-13-6-8-15(9-7-13)16(10-17(21)22)20-18(23)24-12-14-4-2-1-3-5-14/h1-9,16H,10,12H2,(H,20,23)(H,21,22). The van der Waals surface area contributed by atoms with Crippen LogP contribution in [0.15, 0.2) is 54.6 Å². The van der Waals surface area contributed by atoms with E-state index in [0.717, 1.165) is 5.56 Å². The van der Waals surface area contributed by atoms with E-state index in [9.17, 15) is 9.59 Å². The molecule has 0 aliphatic heterocycles. The molecule has 1 atom stereocenters. The minimum Gasteiger partial charge on any atom is -0.481 e. The molecule has 2 aromatic rings. The smallest absolute Gasteiger partial charge is 0.407 e. The van der Waals surface area contributed by atoms with Crippen molar-refractivity contribution in [3.8, 4) is 6.07 Å². The van der Waals surface area contributed by atoms with Crippen LogP contribution in [0.25, 0.3) is 0 Å². The number of carbonyl (C=O) groups excluding carboxylic acids is 1. The van der Waals surface area contributed by atoms with Crippen molar-refractivity contribution >= 4 is 12.1 Å². The topological polar surface area (TPSA) is 99.4 Å². The average Bonchev–Trinajstić information content (AvgIpc) is 2.60. The molecular formula is C18H16N2O4. The first-order valence-corrected chi connectivity index (χ1v) is 7.27. The SMILES string of the molecule is N#Cc1ccc(C(CC(=O)O)NC(=O)OCc2ccccc2)cc1. The van der Waals surface area contributed by atoms with E-state index in [2.05, 4.69) is 5.32 Å². The van der Waals surface area contributed by atoms with Gasteiger partial charge in [0.1, 0.15) is 6.61 Å². The number of ether oxygens (including phenoxy) is 1. The Bertz CT molecular complexity index is 736. The molecule has 2 aromatic carbocycles. The quantitative estimate of drug-likeness (QED) is 0.851. The van der Waals surface area contributed by atoms with Gasteiger partial charge < -0.3 is 15.2 Å². The molecule has 0 saturated carbocycles. The molecule has 122 valence electrons. The van der Waals surface area contributed by atoms with Gasteiger partial charge in [0, 0.05) is 0 Å². The van der Waals surface area contributed by atoms with Crippen LogP contribution in [0, 0.1) is 11.3 Å². The summed E-state index contributed by atoms with van der Waals surface area (Å²) in [6.45, 7) is 0.0971. The second-order valence-corrected chi connectivity index (χ2v) is 5.09. The summed E-state index contributed by atoms with van der Waals surface area (Å²) in [6, 6.07) is 16.8. The number of rotatable bonds is 6. The van der Waals surface area contributed by atoms with Gasteiger partial charge in [-0.25, -0.2) is 4.79 Å². The molecule has 24 heavy (non-hydrogen) atoms. The second-order valence-electron chi connectivity index (χ2n) is 5.09. The van der Waals surface area contributed by atoms with E-state index in [1.165, 1.54) is 0 Å². The largest absolute Gasteiger partial charge is 0.481 e. The van der Waals surface area contributed by atoms with Crippen molar-refractivity contribution in [2.45, 2.75) is 19.1 Å². The van der Waals surface area contributed by atoms with Gasteiger partial charge >= 0.3 is 12.1 Å². The van der Waals surface area contributed by atoms with Crippen LogP contribution >= 0.6 is 0 Å². The molecule has 2 N–H and O–H groups in total. The molecule has 6 nitrogen and oxygen atoms in total. The number of carboxylic acids is 1. The maximum Gasteiger partial charge on any atom is 0.407 e. The number of carboxylic acid groups (broad SMARTS) is 1. The fraction of sp³-hybridized carbons (Fsp3) is 0.167. The highest BCUT2D eigenvalue weighted by molar-refractivity contribution is 5.72. The molecular weight excluding hydrogens is 308 g/mol. The maximum atomic E-state index is 11.9. The van der Waals surface area contributed by atoms with Gasteiger partial charge in [-0.3, -0.25) is 4.79 Å². The van der Waals surface area contributed by atoms with Crippen LogP contribution in [-0.2, 0) is 16.1 Å². The van der Waals surface area contributed by atoms with Crippen molar-refractivity contribution in [3.05, 3.63) is 71.3 Å². The average molecular weight is 324 g/mol. The predicted molar refractivity (Wildman–Crippen MR) is 85.9 cm³/mol. The summed E-state index contributed by atoms with van der Waals surface area (Å²) in [5.74, 6) is -1.05. The zero-order chi connectivity index (χ0) is 17.4. The molecule has 0 spiro atoms. The number of nitrogens with one attached hydrogen (secondary N) is 1. The van der Waals surface area contributed by atoms with E-state index in [1.54, 1.807) is 24.3 Å². The third kappa shape index (κ3) is 5.14. The number of amides is 1. The molecule has 0 radical (unpaired) electrons. The van der Waals surface area contributed by atoms with Crippen molar-refractivity contribution < 1.29 is 19.4 Å². The number of nitrogens with zero attached hydrogens (tertiary/aromatic N) is 1. The lowest BCUT2D eigenvalue weighted by Gasteiger charge is -2.17. The first kappa shape index (κ1) is 17.0. The number of benzene rings is 2. The first-order chi connectivity index (χ1) is 11.6. The minimum absolute atomic E-state index is 0.0971. The highest BCUT2D eigenvalue weighted by atomic mass is 16.5. The molecule has 0 aliphatic rings. The zero-order valence-corrected chi connectivity index (χ0v) is 12.8. The van der Waals surface area contributed by atoms with Gasteiger partial charge in [0.25, 0.3) is 0 Å². The molecule has 0 bridgehead atoms. The Morgan fingerprint density at radius 3 is 2.38 bits per heavy atom. The first-order valence-electron chi connectivity index (χ1n) is 7.27. The van der Waals surface area contributed by atoms with Gasteiger partial charge in [-0.05, 0) is 23.3 Å². The molecule has 0 aliphatic carbocycles. The van der Waals surface area contributed by atoms with Gasteiger partial charge in [0.15, 0.2) is 0 Å². The summed E-state index contributed by atoms with van der Waals surface area (Å²) in [6.07, 6.45) is -0.985. The van der Waals surface area contributed by atoms with E-state index in [1.807, 2.05) is 36.4 Å². The monoisotopic (exact) mass is 324 g/mol. The van der Waals surface area contributed by atoms with Crippen LogP contribution in [0.1, 0.15) is 29.2 Å². The van der Waals surface area contributed by atoms with Crippen molar-refractivity contribution in [2.24, 2.45) is 0 Å². The summed E-state index contributed by atoms with van der Waals surface area (Å²) in [4.78, 5) is 22.9. The van der Waals surface area contributed by atoms with Crippen LogP contribution in [0.5, 0.6) is 0 Å². The Kier molecular flexibility index (Phi) is 5.92. The maximum absolute atomic E-state index is 11.9. The molecule has 1 unspecified atom stereocenters. The Morgan fingerprint density at radius 2 is 1.79 bits per heavy atom. The third-order valence-corrected chi connectivity index (χ3v) is 3.33. The van der Waals surface area contributed by atoms with E-state index < -0.39 is 18.1 Å². The summed E-state index contributed by atoms with van der Waals surface area (Å²) >= 11 is 0. The Labute approximate surface area is 139 Å². The van der Waals surface area contributed by atoms with Crippen LogP contribution in [0.2, 0.25) is 0 Å². The molecule has 2 rings (SSSR count). The molecule has 0 fully saturated rings. The molecule has 0 saturated heterocycles. The number of hydrogen-bond donors (Lipinski definition) is 2. The predicted octanol–water partition coefficient (Wildman–Crippen LogP) is 3.00. The molecule has 0 aromatic heterocycles. The number of nitriles is 1. The summed E-state index contributed by atoms with van der Waals surface area (Å²) in [5, 5.41) is 20.4. The van der Waals surface area contributed by atoms with E-state index in [0.29, 0.717) is 11.1 Å². The highest BCUT2D eigenvalue weighted by Crippen LogP contribution is 2.18.